The van der Waals surface area contributed by atoms with Gasteiger partial charge >= 0.3 is 6.18 Å². The molecule has 1 N–H and O–H groups in total. The van der Waals surface area contributed by atoms with Crippen LogP contribution in [0, 0.1) is 0 Å². The van der Waals surface area contributed by atoms with Crippen LogP contribution in [-0.4, -0.2) is 12.6 Å². The highest BCUT2D eigenvalue weighted by Gasteiger charge is 2.31. The minimum atomic E-state index is -4.43. The number of rotatable bonds is 5. The quantitative estimate of drug-likeness (QED) is 0.836. The number of alkyl halides is 3. The Kier molecular flexibility index (Phi) is 5.26. The highest BCUT2D eigenvalue weighted by atomic mass is 19.4. The SMILES string of the molecule is CCC(=O)NCOc1ccc(C(F)(F)F)cc1-c1ccccc1. The van der Waals surface area contributed by atoms with Crippen molar-refractivity contribution in [3.63, 3.8) is 0 Å². The molecule has 0 saturated heterocycles. The van der Waals surface area contributed by atoms with E-state index < -0.39 is 11.7 Å². The fourth-order valence-corrected chi connectivity index (χ4v) is 1.99. The van der Waals surface area contributed by atoms with E-state index in [1.807, 2.05) is 0 Å². The zero-order valence-corrected chi connectivity index (χ0v) is 12.5. The van der Waals surface area contributed by atoms with Crippen LogP contribution in [0.4, 0.5) is 13.2 Å². The summed E-state index contributed by atoms with van der Waals surface area (Å²) in [6.07, 6.45) is -4.12. The van der Waals surface area contributed by atoms with Gasteiger partial charge < -0.3 is 10.1 Å². The summed E-state index contributed by atoms with van der Waals surface area (Å²) in [5, 5.41) is 2.52. The Labute approximate surface area is 132 Å². The van der Waals surface area contributed by atoms with E-state index in [2.05, 4.69) is 5.32 Å². The summed E-state index contributed by atoms with van der Waals surface area (Å²) in [6.45, 7) is 1.60. The number of carbonyl (C=O) groups is 1. The van der Waals surface area contributed by atoms with Gasteiger partial charge in [0.2, 0.25) is 5.91 Å². The van der Waals surface area contributed by atoms with Gasteiger partial charge in [-0.3, -0.25) is 4.79 Å². The van der Waals surface area contributed by atoms with Crippen LogP contribution in [0.3, 0.4) is 0 Å². The molecule has 0 aliphatic rings. The molecule has 2 rings (SSSR count). The Bertz CT molecular complexity index is 669. The molecule has 0 aliphatic carbocycles. The molecule has 6 heteroatoms. The summed E-state index contributed by atoms with van der Waals surface area (Å²) in [5.74, 6) is 0.0822. The van der Waals surface area contributed by atoms with Crippen LogP contribution in [0.2, 0.25) is 0 Å². The normalized spacial score (nSPS) is 11.1. The molecule has 1 amide bonds. The summed E-state index contributed by atoms with van der Waals surface area (Å²) in [5.41, 5.74) is 0.183. The van der Waals surface area contributed by atoms with Gasteiger partial charge in [0.25, 0.3) is 0 Å². The average Bonchev–Trinajstić information content (AvgIpc) is 2.54. The summed E-state index contributed by atoms with van der Waals surface area (Å²) < 4.78 is 44.2. The molecule has 23 heavy (non-hydrogen) atoms. The predicted molar refractivity (Wildman–Crippen MR) is 80.8 cm³/mol. The molecule has 0 radical (unpaired) electrons. The van der Waals surface area contributed by atoms with Crippen LogP contribution in [0.25, 0.3) is 11.1 Å². The standard InChI is InChI=1S/C17H16F3NO2/c1-2-16(22)21-11-23-15-9-8-13(17(18,19)20)10-14(15)12-6-4-3-5-7-12/h3-10H,2,11H2,1H3,(H,21,22). The topological polar surface area (TPSA) is 38.3 Å². The van der Waals surface area contributed by atoms with Gasteiger partial charge in [0.05, 0.1) is 5.56 Å². The van der Waals surface area contributed by atoms with Crippen LogP contribution < -0.4 is 10.1 Å². The van der Waals surface area contributed by atoms with Crippen molar-refractivity contribution in [1.82, 2.24) is 5.32 Å². The zero-order valence-electron chi connectivity index (χ0n) is 12.5. The first-order chi connectivity index (χ1) is 10.9. The molecule has 2 aromatic rings. The third-order valence-electron chi connectivity index (χ3n) is 3.21. The van der Waals surface area contributed by atoms with E-state index in [9.17, 15) is 18.0 Å². The lowest BCUT2D eigenvalue weighted by Gasteiger charge is -2.15. The van der Waals surface area contributed by atoms with E-state index in [1.54, 1.807) is 37.3 Å². The van der Waals surface area contributed by atoms with Crippen LogP contribution in [0.15, 0.2) is 48.5 Å². The smallest absolute Gasteiger partial charge is 0.416 e. The molecule has 3 nitrogen and oxygen atoms in total. The van der Waals surface area contributed by atoms with Gasteiger partial charge in [0.1, 0.15) is 5.75 Å². The van der Waals surface area contributed by atoms with Gasteiger partial charge in [-0.2, -0.15) is 13.2 Å². The van der Waals surface area contributed by atoms with E-state index in [-0.39, 0.29) is 18.4 Å². The molecule has 0 fully saturated rings. The Morgan fingerprint density at radius 1 is 1.13 bits per heavy atom. The van der Waals surface area contributed by atoms with E-state index in [0.717, 1.165) is 12.1 Å². The number of carbonyl (C=O) groups excluding carboxylic acids is 1. The lowest BCUT2D eigenvalue weighted by molar-refractivity contribution is -0.137. The van der Waals surface area contributed by atoms with Crippen LogP contribution in [-0.2, 0) is 11.0 Å². The van der Waals surface area contributed by atoms with Crippen LogP contribution in [0.1, 0.15) is 18.9 Å². The van der Waals surface area contributed by atoms with Gasteiger partial charge in [-0.25, -0.2) is 0 Å². The monoisotopic (exact) mass is 323 g/mol. The molecule has 0 bridgehead atoms. The summed E-state index contributed by atoms with van der Waals surface area (Å²) in [4.78, 5) is 11.2. The summed E-state index contributed by atoms with van der Waals surface area (Å²) >= 11 is 0. The molecule has 0 spiro atoms. The number of nitrogens with one attached hydrogen (secondary N) is 1. The molecule has 0 unspecified atom stereocenters. The van der Waals surface area contributed by atoms with Crippen molar-refractivity contribution in [3.05, 3.63) is 54.1 Å². The van der Waals surface area contributed by atoms with E-state index in [0.29, 0.717) is 17.5 Å². The number of amides is 1. The molecule has 122 valence electrons. The molecule has 2 aromatic carbocycles. The molecule has 0 atom stereocenters. The Balaban J connectivity index is 2.32. The Morgan fingerprint density at radius 3 is 2.43 bits per heavy atom. The Hall–Kier alpha value is -2.50. The molecular formula is C17H16F3NO2. The zero-order chi connectivity index (χ0) is 16.9. The highest BCUT2D eigenvalue weighted by molar-refractivity contribution is 5.75. The second-order valence-electron chi connectivity index (χ2n) is 4.82. The maximum Gasteiger partial charge on any atom is 0.416 e. The first kappa shape index (κ1) is 16.9. The summed E-state index contributed by atoms with van der Waals surface area (Å²) in [6, 6.07) is 11.9. The van der Waals surface area contributed by atoms with E-state index in [1.165, 1.54) is 6.07 Å². The van der Waals surface area contributed by atoms with Crippen LogP contribution in [0.5, 0.6) is 5.75 Å². The largest absolute Gasteiger partial charge is 0.473 e. The van der Waals surface area contributed by atoms with Gasteiger partial charge in [-0.05, 0) is 23.8 Å². The van der Waals surface area contributed by atoms with Gasteiger partial charge in [-0.1, -0.05) is 37.3 Å². The van der Waals surface area contributed by atoms with Crippen molar-refractivity contribution in [2.24, 2.45) is 0 Å². The Morgan fingerprint density at radius 2 is 1.83 bits per heavy atom. The van der Waals surface area contributed by atoms with Crippen molar-refractivity contribution < 1.29 is 22.7 Å². The average molecular weight is 323 g/mol. The lowest BCUT2D eigenvalue weighted by Crippen LogP contribution is -2.26. The third-order valence-corrected chi connectivity index (χ3v) is 3.21. The fourth-order valence-electron chi connectivity index (χ4n) is 1.99. The number of hydrogen-bond acceptors (Lipinski definition) is 2. The first-order valence-corrected chi connectivity index (χ1v) is 7.08. The van der Waals surface area contributed by atoms with E-state index in [4.69, 9.17) is 4.74 Å². The highest BCUT2D eigenvalue weighted by Crippen LogP contribution is 2.37. The first-order valence-electron chi connectivity index (χ1n) is 7.08. The summed E-state index contributed by atoms with van der Waals surface area (Å²) in [7, 11) is 0. The molecule has 0 aliphatic heterocycles. The van der Waals surface area contributed by atoms with Crippen molar-refractivity contribution in [2.45, 2.75) is 19.5 Å². The fraction of sp³-hybridized carbons (Fsp3) is 0.235. The number of halogens is 3. The van der Waals surface area contributed by atoms with Crippen LogP contribution >= 0.6 is 0 Å². The van der Waals surface area contributed by atoms with Crippen molar-refractivity contribution >= 4 is 5.91 Å². The minimum absolute atomic E-state index is 0.0993. The molecule has 0 aromatic heterocycles. The second-order valence-corrected chi connectivity index (χ2v) is 4.82. The number of benzene rings is 2. The lowest BCUT2D eigenvalue weighted by atomic mass is 10.0. The number of hydrogen-bond donors (Lipinski definition) is 1. The molecule has 0 heterocycles. The second kappa shape index (κ2) is 7.17. The van der Waals surface area contributed by atoms with Crippen molar-refractivity contribution in [3.8, 4) is 16.9 Å². The van der Waals surface area contributed by atoms with Crippen molar-refractivity contribution in [2.75, 3.05) is 6.73 Å². The maximum atomic E-state index is 12.9. The molecular weight excluding hydrogens is 307 g/mol. The predicted octanol–water partition coefficient (Wildman–Crippen LogP) is 4.23. The van der Waals surface area contributed by atoms with Gasteiger partial charge in [-0.15, -0.1) is 0 Å². The maximum absolute atomic E-state index is 12.9. The van der Waals surface area contributed by atoms with Gasteiger partial charge in [0, 0.05) is 12.0 Å². The number of ether oxygens (including phenoxy) is 1. The van der Waals surface area contributed by atoms with E-state index >= 15 is 0 Å². The molecule has 0 saturated carbocycles. The minimum Gasteiger partial charge on any atom is -0.473 e. The van der Waals surface area contributed by atoms with Gasteiger partial charge in [0.15, 0.2) is 6.73 Å². The van der Waals surface area contributed by atoms with Crippen molar-refractivity contribution in [1.29, 1.82) is 0 Å². The third kappa shape index (κ3) is 4.48.